The molecule has 0 unspecified atom stereocenters. The van der Waals surface area contributed by atoms with Crippen molar-refractivity contribution in [2.45, 2.75) is 78.9 Å². The molecule has 1 aliphatic rings. The Kier molecular flexibility index (Phi) is 11.7. The lowest BCUT2D eigenvalue weighted by atomic mass is 9.87. The molecular weight excluding hydrogens is 607 g/mol. The zero-order valence-electron chi connectivity index (χ0n) is 28.4. The van der Waals surface area contributed by atoms with Crippen molar-refractivity contribution in [1.29, 1.82) is 0 Å². The van der Waals surface area contributed by atoms with Crippen LogP contribution < -0.4 is 10.9 Å². The zero-order valence-corrected chi connectivity index (χ0v) is 28.4. The second kappa shape index (κ2) is 15.3. The van der Waals surface area contributed by atoms with Crippen molar-refractivity contribution in [3.05, 3.63) is 91.9 Å². The first-order valence-electron chi connectivity index (χ1n) is 16.3. The lowest BCUT2D eigenvalue weighted by Crippen LogP contribution is -2.49. The van der Waals surface area contributed by atoms with Crippen LogP contribution in [-0.2, 0) is 27.8 Å². The highest BCUT2D eigenvalue weighted by Gasteiger charge is 2.33. The smallest absolute Gasteiger partial charge is 0.308 e. The number of aryl methyl sites for hydroxylation is 4. The van der Waals surface area contributed by atoms with E-state index in [1.807, 2.05) is 50.8 Å². The maximum Gasteiger partial charge on any atom is 0.308 e. The number of ether oxygens (including phenoxy) is 1. The summed E-state index contributed by atoms with van der Waals surface area (Å²) < 4.78 is 52.5. The van der Waals surface area contributed by atoms with Crippen LogP contribution in [0.25, 0.3) is 11.1 Å². The number of rotatable bonds is 13. The summed E-state index contributed by atoms with van der Waals surface area (Å²) in [5.74, 6) is -4.09. The lowest BCUT2D eigenvalue weighted by Gasteiger charge is -2.34. The van der Waals surface area contributed by atoms with E-state index in [1.54, 1.807) is 26.2 Å². The molecule has 0 aliphatic carbocycles. The molecule has 0 saturated carbocycles. The van der Waals surface area contributed by atoms with E-state index in [0.717, 1.165) is 16.7 Å². The van der Waals surface area contributed by atoms with Gasteiger partial charge in [0, 0.05) is 49.6 Å². The number of amides is 1. The van der Waals surface area contributed by atoms with Crippen molar-refractivity contribution in [2.24, 2.45) is 13.0 Å². The van der Waals surface area contributed by atoms with Crippen molar-refractivity contribution in [1.82, 2.24) is 14.8 Å². The predicted molar refractivity (Wildman–Crippen MR) is 177 cm³/mol. The Morgan fingerprint density at radius 2 is 1.70 bits per heavy atom. The normalized spacial score (nSPS) is 15.0. The predicted octanol–water partition coefficient (Wildman–Crippen LogP) is 6.39. The minimum atomic E-state index is -1.41. The van der Waals surface area contributed by atoms with Crippen molar-refractivity contribution >= 4 is 11.9 Å². The van der Waals surface area contributed by atoms with Gasteiger partial charge in [0.05, 0.1) is 25.0 Å². The van der Waals surface area contributed by atoms with E-state index in [9.17, 15) is 18.8 Å². The molecule has 2 heterocycles. The molecule has 2 aromatic carbocycles. The number of nitrogens with one attached hydrogen (secondary N) is 1. The van der Waals surface area contributed by atoms with Gasteiger partial charge in [-0.15, -0.1) is 0 Å². The Bertz CT molecular complexity index is 1660. The molecule has 0 radical (unpaired) electrons. The fourth-order valence-electron chi connectivity index (χ4n) is 6.43. The number of nitrogens with zero attached hydrogens (tertiary/aromatic N) is 2. The van der Waals surface area contributed by atoms with Crippen molar-refractivity contribution < 1.29 is 27.5 Å². The third-order valence-electron chi connectivity index (χ3n) is 8.80. The highest BCUT2D eigenvalue weighted by Crippen LogP contribution is 2.37. The van der Waals surface area contributed by atoms with Gasteiger partial charge in [-0.05, 0) is 86.4 Å². The van der Waals surface area contributed by atoms with Gasteiger partial charge in [0.1, 0.15) is 17.8 Å². The van der Waals surface area contributed by atoms with Gasteiger partial charge in [-0.2, -0.15) is 0 Å². The number of halogens is 3. The Morgan fingerprint density at radius 3 is 2.30 bits per heavy atom. The number of esters is 1. The summed E-state index contributed by atoms with van der Waals surface area (Å²) in [6.07, 6.45) is 1.20. The van der Waals surface area contributed by atoms with Gasteiger partial charge >= 0.3 is 5.97 Å². The van der Waals surface area contributed by atoms with Gasteiger partial charge in [-0.1, -0.05) is 32.0 Å². The highest BCUT2D eigenvalue weighted by molar-refractivity contribution is 5.85. The molecule has 10 heteroatoms. The molecule has 7 nitrogen and oxygen atoms in total. The van der Waals surface area contributed by atoms with E-state index in [1.165, 1.54) is 17.6 Å². The van der Waals surface area contributed by atoms with Crippen LogP contribution in [0.1, 0.15) is 79.0 Å². The van der Waals surface area contributed by atoms with E-state index in [-0.39, 0.29) is 41.2 Å². The van der Waals surface area contributed by atoms with Gasteiger partial charge in [-0.3, -0.25) is 19.3 Å². The van der Waals surface area contributed by atoms with E-state index < -0.39 is 53.6 Å². The Balaban J connectivity index is 1.77. The van der Waals surface area contributed by atoms with Crippen LogP contribution >= 0.6 is 0 Å². The number of aromatic nitrogens is 1. The van der Waals surface area contributed by atoms with Gasteiger partial charge in [0.15, 0.2) is 0 Å². The summed E-state index contributed by atoms with van der Waals surface area (Å²) in [6.45, 7) is 12.0. The third-order valence-corrected chi connectivity index (χ3v) is 8.80. The van der Waals surface area contributed by atoms with Crippen molar-refractivity contribution in [3.63, 3.8) is 0 Å². The second-order valence-corrected chi connectivity index (χ2v) is 13.1. The lowest BCUT2D eigenvalue weighted by molar-refractivity contribution is -0.143. The Hall–Kier alpha value is -3.92. The van der Waals surface area contributed by atoms with Crippen LogP contribution in [0.2, 0.25) is 0 Å². The summed E-state index contributed by atoms with van der Waals surface area (Å²) in [7, 11) is 1.61. The molecule has 2 atom stereocenters. The van der Waals surface area contributed by atoms with Gasteiger partial charge in [0.2, 0.25) is 5.91 Å². The van der Waals surface area contributed by atoms with E-state index >= 15 is 8.78 Å². The molecule has 4 rings (SSSR count). The summed E-state index contributed by atoms with van der Waals surface area (Å²) in [6, 6.07) is 7.26. The molecule has 254 valence electrons. The van der Waals surface area contributed by atoms with Gasteiger partial charge in [-0.25, -0.2) is 13.2 Å². The van der Waals surface area contributed by atoms with Crippen molar-refractivity contribution in [2.75, 3.05) is 26.2 Å². The fraction of sp³-hybridized carbons (Fsp3) is 0.486. The summed E-state index contributed by atoms with van der Waals surface area (Å²) in [4.78, 5) is 42.5. The molecule has 1 saturated heterocycles. The number of benzene rings is 2. The van der Waals surface area contributed by atoms with Gasteiger partial charge < -0.3 is 14.6 Å². The van der Waals surface area contributed by atoms with E-state index in [2.05, 4.69) is 5.32 Å². The number of likely N-dealkylation sites (tertiary alicyclic amines) is 1. The topological polar surface area (TPSA) is 80.6 Å². The molecule has 1 fully saturated rings. The third kappa shape index (κ3) is 8.33. The van der Waals surface area contributed by atoms with E-state index in [0.29, 0.717) is 31.6 Å². The van der Waals surface area contributed by atoms with Crippen molar-refractivity contribution in [3.8, 4) is 11.1 Å². The number of hydrogen-bond donors (Lipinski definition) is 1. The number of alkyl halides is 1. The van der Waals surface area contributed by atoms with Crippen LogP contribution in [0, 0.1) is 38.3 Å². The van der Waals surface area contributed by atoms with E-state index in [4.69, 9.17) is 4.74 Å². The fourth-order valence-corrected chi connectivity index (χ4v) is 6.43. The van der Waals surface area contributed by atoms with Crippen LogP contribution in [0.4, 0.5) is 13.2 Å². The van der Waals surface area contributed by atoms with Crippen LogP contribution in [0.15, 0.2) is 41.3 Å². The van der Waals surface area contributed by atoms with Crippen LogP contribution in [-0.4, -0.2) is 53.8 Å². The molecule has 1 aliphatic heterocycles. The highest BCUT2D eigenvalue weighted by atomic mass is 19.1. The SMILES string of the molecule is CCOC(=O)C[C@H](NC(=O)[C@@H](CC(C)C)c1cc(CCN2CC(F)C2)cn(C)c1=O)c1c(F)c(C)cc(-c2c(C)cccc2C)c1F. The van der Waals surface area contributed by atoms with Gasteiger partial charge in [0.25, 0.3) is 5.56 Å². The van der Waals surface area contributed by atoms with Crippen LogP contribution in [0.5, 0.6) is 0 Å². The monoisotopic (exact) mass is 653 g/mol. The molecular formula is C37H46F3N3O4. The average Bonchev–Trinajstić information content (AvgIpc) is 2.97. The Morgan fingerprint density at radius 1 is 1.04 bits per heavy atom. The average molecular weight is 654 g/mol. The van der Waals surface area contributed by atoms with Crippen LogP contribution in [0.3, 0.4) is 0 Å². The first-order valence-corrected chi connectivity index (χ1v) is 16.3. The molecule has 3 aromatic rings. The Labute approximate surface area is 275 Å². The molecule has 1 aromatic heterocycles. The summed E-state index contributed by atoms with van der Waals surface area (Å²) >= 11 is 0. The molecule has 0 bridgehead atoms. The standard InChI is InChI=1S/C37H46F3N3O4/c1-8-47-31(44)17-30(33-34(39)24(6)15-29(35(33)40)32-22(4)10-9-11-23(32)5)41-36(45)27(14-21(2)3)28-16-25(18-42(7)37(28)46)12-13-43-19-26(38)20-43/h9-11,15-16,18,21,26-27,30H,8,12-14,17,19-20H2,1-7H3,(H,41,45)/t27-,30-/m0/s1. The number of pyridine rings is 1. The number of carbonyl (C=O) groups excluding carboxylic acids is 2. The number of carbonyl (C=O) groups is 2. The first kappa shape index (κ1) is 35.9. The molecule has 0 spiro atoms. The maximum absolute atomic E-state index is 16.6. The second-order valence-electron chi connectivity index (χ2n) is 13.1. The quantitative estimate of drug-likeness (QED) is 0.216. The summed E-state index contributed by atoms with van der Waals surface area (Å²) in [5, 5.41) is 2.77. The largest absolute Gasteiger partial charge is 0.466 e. The zero-order chi connectivity index (χ0) is 34.6. The minimum Gasteiger partial charge on any atom is -0.466 e. The number of hydrogen-bond acceptors (Lipinski definition) is 5. The summed E-state index contributed by atoms with van der Waals surface area (Å²) in [5.41, 5.74) is 2.76. The molecule has 47 heavy (non-hydrogen) atoms. The first-order chi connectivity index (χ1) is 22.2. The molecule has 1 amide bonds. The molecule has 1 N–H and O–H groups in total. The minimum absolute atomic E-state index is 0.0201. The maximum atomic E-state index is 16.6.